The highest BCUT2D eigenvalue weighted by Crippen LogP contribution is 2.10. The number of hydrogen-bond donors (Lipinski definition) is 2. The molecule has 19 heavy (non-hydrogen) atoms. The van der Waals surface area contributed by atoms with Crippen molar-refractivity contribution in [3.8, 4) is 0 Å². The Balaban J connectivity index is 0.00000180. The minimum absolute atomic E-state index is 0. The molecule has 0 radical (unpaired) electrons. The molecular formula is C11H20ClN5OS. The van der Waals surface area contributed by atoms with E-state index in [-0.39, 0.29) is 18.3 Å². The molecule has 1 aliphatic heterocycles. The van der Waals surface area contributed by atoms with Gasteiger partial charge in [0.2, 0.25) is 0 Å². The van der Waals surface area contributed by atoms with Crippen LogP contribution in [-0.4, -0.2) is 59.7 Å². The van der Waals surface area contributed by atoms with E-state index >= 15 is 0 Å². The van der Waals surface area contributed by atoms with Crippen molar-refractivity contribution in [3.63, 3.8) is 0 Å². The van der Waals surface area contributed by atoms with E-state index in [2.05, 4.69) is 25.1 Å². The Labute approximate surface area is 123 Å². The van der Waals surface area contributed by atoms with Gasteiger partial charge in [0.1, 0.15) is 4.88 Å². The summed E-state index contributed by atoms with van der Waals surface area (Å²) in [6, 6.07) is 0. The third kappa shape index (κ3) is 4.68. The lowest BCUT2D eigenvalue weighted by atomic mass is 10.3. The number of carbonyl (C=O) groups is 1. The second kappa shape index (κ2) is 8.42. The Hall–Kier alpha value is -0.760. The van der Waals surface area contributed by atoms with Crippen LogP contribution in [0.3, 0.4) is 0 Å². The van der Waals surface area contributed by atoms with Crippen LogP contribution in [0.5, 0.6) is 0 Å². The van der Waals surface area contributed by atoms with Crippen LogP contribution in [0.2, 0.25) is 0 Å². The van der Waals surface area contributed by atoms with Crippen LogP contribution in [0.4, 0.5) is 0 Å². The normalized spacial score (nSPS) is 15.8. The number of nitrogens with one attached hydrogen (secondary N) is 2. The van der Waals surface area contributed by atoms with Crippen LogP contribution in [-0.2, 0) is 6.42 Å². The number of nitrogens with zero attached hydrogens (tertiary/aromatic N) is 3. The average Bonchev–Trinajstić information content (AvgIpc) is 2.88. The van der Waals surface area contributed by atoms with E-state index in [1.165, 1.54) is 11.5 Å². The average molecular weight is 306 g/mol. The molecule has 1 saturated heterocycles. The first kappa shape index (κ1) is 16.3. The van der Waals surface area contributed by atoms with Crippen LogP contribution in [0.15, 0.2) is 0 Å². The number of hydrogen-bond acceptors (Lipinski definition) is 6. The molecule has 2 rings (SSSR count). The number of rotatable bonds is 5. The summed E-state index contributed by atoms with van der Waals surface area (Å²) in [5.41, 5.74) is 0.791. The van der Waals surface area contributed by atoms with Crippen LogP contribution < -0.4 is 10.6 Å². The summed E-state index contributed by atoms with van der Waals surface area (Å²) < 4.78 is 3.82. The Morgan fingerprint density at radius 1 is 1.47 bits per heavy atom. The minimum atomic E-state index is -0.0445. The van der Waals surface area contributed by atoms with E-state index in [0.717, 1.165) is 44.8 Å². The molecule has 2 heterocycles. The van der Waals surface area contributed by atoms with Gasteiger partial charge < -0.3 is 10.6 Å². The number of aryl methyl sites for hydroxylation is 1. The fraction of sp³-hybridized carbons (Fsp3) is 0.727. The molecule has 6 nitrogen and oxygen atoms in total. The molecule has 0 aliphatic carbocycles. The van der Waals surface area contributed by atoms with Crippen LogP contribution in [0, 0.1) is 0 Å². The van der Waals surface area contributed by atoms with Crippen molar-refractivity contribution < 1.29 is 4.79 Å². The summed E-state index contributed by atoms with van der Waals surface area (Å²) >= 11 is 1.17. The maximum absolute atomic E-state index is 11.9. The number of carbonyl (C=O) groups excluding carboxylic acids is 1. The molecule has 1 aromatic rings. The highest BCUT2D eigenvalue weighted by atomic mass is 35.5. The SMILES string of the molecule is CCc1nnsc1C(=O)NCCN1CCNCC1.Cl. The van der Waals surface area contributed by atoms with Gasteiger partial charge in [-0.2, -0.15) is 0 Å². The summed E-state index contributed by atoms with van der Waals surface area (Å²) in [7, 11) is 0. The van der Waals surface area contributed by atoms with Crippen molar-refractivity contribution in [2.45, 2.75) is 13.3 Å². The maximum Gasteiger partial charge on any atom is 0.264 e. The Morgan fingerprint density at radius 3 is 2.89 bits per heavy atom. The van der Waals surface area contributed by atoms with Crippen molar-refractivity contribution in [2.75, 3.05) is 39.3 Å². The van der Waals surface area contributed by atoms with Gasteiger partial charge in [-0.1, -0.05) is 11.4 Å². The third-order valence-corrected chi connectivity index (χ3v) is 3.79. The Kier molecular flexibility index (Phi) is 7.22. The molecule has 2 N–H and O–H groups in total. The standard InChI is InChI=1S/C11H19N5OS.ClH/c1-2-9-10(18-15-14-9)11(17)13-5-8-16-6-3-12-4-7-16;/h12H,2-8H2,1H3,(H,13,17);1H. The molecule has 1 aliphatic rings. The number of halogens is 1. The van der Waals surface area contributed by atoms with Gasteiger partial charge in [0, 0.05) is 39.3 Å². The van der Waals surface area contributed by atoms with Crippen LogP contribution in [0.1, 0.15) is 22.3 Å². The first-order valence-electron chi connectivity index (χ1n) is 6.33. The fourth-order valence-electron chi connectivity index (χ4n) is 1.95. The van der Waals surface area contributed by atoms with Crippen molar-refractivity contribution >= 4 is 29.8 Å². The highest BCUT2D eigenvalue weighted by molar-refractivity contribution is 7.08. The lowest BCUT2D eigenvalue weighted by Gasteiger charge is -2.27. The third-order valence-electron chi connectivity index (χ3n) is 3.02. The molecule has 0 spiro atoms. The molecule has 1 aromatic heterocycles. The predicted octanol–water partition coefficient (Wildman–Crippen LogP) is 0.157. The van der Waals surface area contributed by atoms with Crippen molar-refractivity contribution in [1.82, 2.24) is 25.1 Å². The monoisotopic (exact) mass is 305 g/mol. The van der Waals surface area contributed by atoms with Gasteiger partial charge in [0.05, 0.1) is 5.69 Å². The van der Waals surface area contributed by atoms with Gasteiger partial charge >= 0.3 is 0 Å². The second-order valence-electron chi connectivity index (χ2n) is 4.25. The lowest BCUT2D eigenvalue weighted by molar-refractivity contribution is 0.0950. The molecule has 0 unspecified atom stereocenters. The zero-order valence-electron chi connectivity index (χ0n) is 11.0. The topological polar surface area (TPSA) is 70.2 Å². The van der Waals surface area contributed by atoms with E-state index < -0.39 is 0 Å². The number of piperazine rings is 1. The first-order valence-corrected chi connectivity index (χ1v) is 7.11. The van der Waals surface area contributed by atoms with Gasteiger partial charge in [-0.25, -0.2) is 0 Å². The Morgan fingerprint density at radius 2 is 2.21 bits per heavy atom. The zero-order chi connectivity index (χ0) is 12.8. The van der Waals surface area contributed by atoms with E-state index in [1.807, 2.05) is 6.92 Å². The van der Waals surface area contributed by atoms with Gasteiger partial charge in [-0.15, -0.1) is 17.5 Å². The quantitative estimate of drug-likeness (QED) is 0.811. The fourth-order valence-corrected chi connectivity index (χ4v) is 2.62. The molecule has 0 saturated carbocycles. The summed E-state index contributed by atoms with van der Waals surface area (Å²) in [5.74, 6) is -0.0445. The summed E-state index contributed by atoms with van der Waals surface area (Å²) in [6.07, 6.45) is 0.747. The number of amides is 1. The molecule has 0 bridgehead atoms. The van der Waals surface area contributed by atoms with Crippen molar-refractivity contribution in [3.05, 3.63) is 10.6 Å². The summed E-state index contributed by atoms with van der Waals surface area (Å²) in [4.78, 5) is 14.9. The molecule has 8 heteroatoms. The smallest absolute Gasteiger partial charge is 0.264 e. The van der Waals surface area contributed by atoms with Gasteiger partial charge in [-0.3, -0.25) is 9.69 Å². The van der Waals surface area contributed by atoms with Crippen molar-refractivity contribution in [2.24, 2.45) is 0 Å². The predicted molar refractivity (Wildman–Crippen MR) is 78.2 cm³/mol. The minimum Gasteiger partial charge on any atom is -0.350 e. The largest absolute Gasteiger partial charge is 0.350 e. The first-order chi connectivity index (χ1) is 8.81. The maximum atomic E-state index is 11.9. The van der Waals surface area contributed by atoms with E-state index in [1.54, 1.807) is 0 Å². The molecule has 1 amide bonds. The van der Waals surface area contributed by atoms with E-state index in [0.29, 0.717) is 11.4 Å². The highest BCUT2D eigenvalue weighted by Gasteiger charge is 2.15. The summed E-state index contributed by atoms with van der Waals surface area (Å²) in [6.45, 7) is 7.74. The van der Waals surface area contributed by atoms with Gasteiger partial charge in [0.15, 0.2) is 0 Å². The van der Waals surface area contributed by atoms with Crippen LogP contribution in [0.25, 0.3) is 0 Å². The van der Waals surface area contributed by atoms with E-state index in [4.69, 9.17) is 0 Å². The van der Waals surface area contributed by atoms with Gasteiger partial charge in [0.25, 0.3) is 5.91 Å². The van der Waals surface area contributed by atoms with Gasteiger partial charge in [-0.05, 0) is 18.0 Å². The molecule has 0 atom stereocenters. The second-order valence-corrected chi connectivity index (χ2v) is 5.00. The molecule has 1 fully saturated rings. The van der Waals surface area contributed by atoms with Crippen molar-refractivity contribution in [1.29, 1.82) is 0 Å². The Bertz CT molecular complexity index is 394. The zero-order valence-corrected chi connectivity index (χ0v) is 12.6. The van der Waals surface area contributed by atoms with Crippen LogP contribution >= 0.6 is 23.9 Å². The number of aromatic nitrogens is 2. The lowest BCUT2D eigenvalue weighted by Crippen LogP contribution is -2.46. The molecule has 0 aromatic carbocycles. The summed E-state index contributed by atoms with van der Waals surface area (Å²) in [5, 5.41) is 10.2. The molecule has 108 valence electrons. The van der Waals surface area contributed by atoms with E-state index in [9.17, 15) is 4.79 Å². The molecular weight excluding hydrogens is 286 g/mol.